The van der Waals surface area contributed by atoms with E-state index in [1.165, 1.54) is 0 Å². The van der Waals surface area contributed by atoms with Crippen LogP contribution in [-0.4, -0.2) is 9.73 Å². The van der Waals surface area contributed by atoms with Crippen molar-refractivity contribution in [3.8, 4) is 0 Å². The Balaban J connectivity index is 2.92. The molecule has 0 aliphatic heterocycles. The molecule has 0 amide bonds. The molecule has 1 heterocycles. The molecule has 0 spiro atoms. The van der Waals surface area contributed by atoms with Gasteiger partial charge in [0.1, 0.15) is 0 Å². The first-order valence-electron chi connectivity index (χ1n) is 5.22. The Morgan fingerprint density at radius 1 is 1.33 bits per heavy atom. The van der Waals surface area contributed by atoms with Gasteiger partial charge in [-0.15, -0.1) is 11.8 Å². The number of thioether (sulfide) groups is 1. The summed E-state index contributed by atoms with van der Waals surface area (Å²) in [7, 11) is 0. The lowest BCUT2D eigenvalue weighted by atomic mass is 10.1. The van der Waals surface area contributed by atoms with Gasteiger partial charge < -0.3 is 5.73 Å². The van der Waals surface area contributed by atoms with E-state index in [0.717, 1.165) is 16.3 Å². The van der Waals surface area contributed by atoms with E-state index < -0.39 is 0 Å². The Bertz CT molecular complexity index is 340. The first-order valence-corrected chi connectivity index (χ1v) is 6.03. The van der Waals surface area contributed by atoms with Crippen LogP contribution in [0, 0.1) is 6.92 Å². The number of nitrogens with zero attached hydrogens (tertiary/aromatic N) is 1. The lowest BCUT2D eigenvalue weighted by Crippen LogP contribution is -2.10. The third kappa shape index (κ3) is 3.84. The molecule has 0 bridgehead atoms. The maximum Gasteiger partial charge on any atom is 0.0968 e. The van der Waals surface area contributed by atoms with Crippen molar-refractivity contribution in [3.05, 3.63) is 23.4 Å². The zero-order valence-corrected chi connectivity index (χ0v) is 11.0. The van der Waals surface area contributed by atoms with Crippen LogP contribution in [0.15, 0.2) is 17.2 Å². The molecule has 0 radical (unpaired) electrons. The Labute approximate surface area is 96.7 Å². The second-order valence-corrected chi connectivity index (χ2v) is 6.67. The van der Waals surface area contributed by atoms with Crippen LogP contribution in [0.2, 0.25) is 0 Å². The van der Waals surface area contributed by atoms with E-state index in [4.69, 9.17) is 5.73 Å². The van der Waals surface area contributed by atoms with E-state index >= 15 is 0 Å². The summed E-state index contributed by atoms with van der Waals surface area (Å²) < 4.78 is 0.204. The van der Waals surface area contributed by atoms with E-state index in [9.17, 15) is 0 Å². The van der Waals surface area contributed by atoms with Gasteiger partial charge in [0.25, 0.3) is 0 Å². The van der Waals surface area contributed by atoms with Crippen LogP contribution in [0.1, 0.15) is 45.0 Å². The fraction of sp³-hybridized carbons (Fsp3) is 0.583. The normalized spacial score (nSPS) is 14.0. The van der Waals surface area contributed by atoms with Gasteiger partial charge in [0.2, 0.25) is 0 Å². The minimum Gasteiger partial charge on any atom is -0.324 e. The van der Waals surface area contributed by atoms with Crippen LogP contribution >= 0.6 is 11.8 Å². The average Bonchev–Trinajstić information content (AvgIpc) is 1.99. The van der Waals surface area contributed by atoms with Crippen LogP contribution in [0.4, 0.5) is 0 Å². The van der Waals surface area contributed by atoms with Gasteiger partial charge in [-0.05, 0) is 25.5 Å². The van der Waals surface area contributed by atoms with Crippen LogP contribution in [0.3, 0.4) is 0 Å². The van der Waals surface area contributed by atoms with Crippen LogP contribution < -0.4 is 5.73 Å². The molecule has 0 aliphatic rings. The number of hydrogen-bond donors (Lipinski definition) is 1. The number of nitrogens with two attached hydrogens (primary N) is 1. The number of hydrogen-bond acceptors (Lipinski definition) is 3. The topological polar surface area (TPSA) is 38.9 Å². The van der Waals surface area contributed by atoms with Crippen molar-refractivity contribution in [1.82, 2.24) is 4.98 Å². The van der Waals surface area contributed by atoms with Crippen molar-refractivity contribution in [1.29, 1.82) is 0 Å². The molecule has 0 fully saturated rings. The minimum absolute atomic E-state index is 0.0613. The van der Waals surface area contributed by atoms with Crippen LogP contribution in [-0.2, 0) is 0 Å². The van der Waals surface area contributed by atoms with Gasteiger partial charge in [-0.25, -0.2) is 4.98 Å². The third-order valence-corrected chi connectivity index (χ3v) is 3.05. The van der Waals surface area contributed by atoms with Gasteiger partial charge in [0.05, 0.1) is 5.03 Å². The standard InChI is InChI=1S/C12H20N2S/c1-8(13)10-6-7-11(14-9(10)2)15-12(3,4)5/h6-8H,13H2,1-5H3. The summed E-state index contributed by atoms with van der Waals surface area (Å²) in [5.74, 6) is 0. The largest absolute Gasteiger partial charge is 0.324 e. The second-order valence-electron chi connectivity index (χ2n) is 4.83. The lowest BCUT2D eigenvalue weighted by Gasteiger charge is -2.18. The zero-order valence-electron chi connectivity index (χ0n) is 10.2. The summed E-state index contributed by atoms with van der Waals surface area (Å²) in [6.45, 7) is 10.6. The molecule has 1 aromatic rings. The number of pyridine rings is 1. The maximum atomic E-state index is 5.85. The van der Waals surface area contributed by atoms with Crippen LogP contribution in [0.5, 0.6) is 0 Å². The molecule has 84 valence electrons. The molecule has 0 aliphatic carbocycles. The molecule has 1 rings (SSSR count). The van der Waals surface area contributed by atoms with Crippen LogP contribution in [0.25, 0.3) is 0 Å². The van der Waals surface area contributed by atoms with Gasteiger partial charge >= 0.3 is 0 Å². The van der Waals surface area contributed by atoms with Gasteiger partial charge in [-0.2, -0.15) is 0 Å². The van der Waals surface area contributed by atoms with Crippen molar-refractivity contribution < 1.29 is 0 Å². The molecular weight excluding hydrogens is 204 g/mol. The monoisotopic (exact) mass is 224 g/mol. The molecule has 0 saturated heterocycles. The van der Waals surface area contributed by atoms with E-state index in [-0.39, 0.29) is 10.8 Å². The maximum absolute atomic E-state index is 5.85. The first kappa shape index (κ1) is 12.5. The molecule has 1 atom stereocenters. The van der Waals surface area contributed by atoms with Crippen molar-refractivity contribution in [2.75, 3.05) is 0 Å². The molecule has 2 nitrogen and oxygen atoms in total. The molecule has 1 aromatic heterocycles. The Kier molecular flexibility index (Phi) is 3.79. The number of aryl methyl sites for hydroxylation is 1. The smallest absolute Gasteiger partial charge is 0.0968 e. The highest BCUT2D eigenvalue weighted by Gasteiger charge is 2.14. The van der Waals surface area contributed by atoms with Gasteiger partial charge in [-0.1, -0.05) is 26.8 Å². The molecule has 0 aromatic carbocycles. The third-order valence-electron chi connectivity index (χ3n) is 2.00. The van der Waals surface area contributed by atoms with E-state index in [2.05, 4.69) is 37.9 Å². The molecule has 15 heavy (non-hydrogen) atoms. The molecule has 0 saturated carbocycles. The molecule has 3 heteroatoms. The predicted molar refractivity (Wildman–Crippen MR) is 67.2 cm³/mol. The molecule has 2 N–H and O–H groups in total. The van der Waals surface area contributed by atoms with Gasteiger partial charge in [-0.3, -0.25) is 0 Å². The van der Waals surface area contributed by atoms with E-state index in [1.807, 2.05) is 13.8 Å². The summed E-state index contributed by atoms with van der Waals surface area (Å²) in [5.41, 5.74) is 8.02. The number of rotatable bonds is 2. The minimum atomic E-state index is 0.0613. The zero-order chi connectivity index (χ0) is 11.6. The predicted octanol–water partition coefficient (Wildman–Crippen LogP) is 3.30. The van der Waals surface area contributed by atoms with Crippen molar-refractivity contribution in [2.24, 2.45) is 5.73 Å². The highest BCUT2D eigenvalue weighted by molar-refractivity contribution is 8.00. The van der Waals surface area contributed by atoms with Crippen molar-refractivity contribution >= 4 is 11.8 Å². The quantitative estimate of drug-likeness (QED) is 0.783. The summed E-state index contributed by atoms with van der Waals surface area (Å²) in [6.07, 6.45) is 0. The Morgan fingerprint density at radius 2 is 1.93 bits per heavy atom. The van der Waals surface area contributed by atoms with Crippen molar-refractivity contribution in [2.45, 2.75) is 50.4 Å². The van der Waals surface area contributed by atoms with Gasteiger partial charge in [0, 0.05) is 16.5 Å². The highest BCUT2D eigenvalue weighted by Crippen LogP contribution is 2.31. The summed E-state index contributed by atoms with van der Waals surface area (Å²) in [5, 5.41) is 1.07. The summed E-state index contributed by atoms with van der Waals surface area (Å²) >= 11 is 1.78. The summed E-state index contributed by atoms with van der Waals surface area (Å²) in [6, 6.07) is 4.20. The summed E-state index contributed by atoms with van der Waals surface area (Å²) in [4.78, 5) is 4.56. The fourth-order valence-electron chi connectivity index (χ4n) is 1.40. The lowest BCUT2D eigenvalue weighted by molar-refractivity contribution is 0.782. The molecule has 1 unspecified atom stereocenters. The SMILES string of the molecule is Cc1nc(SC(C)(C)C)ccc1C(C)N. The molecular formula is C12H20N2S. The second kappa shape index (κ2) is 4.54. The number of aromatic nitrogens is 1. The van der Waals surface area contributed by atoms with Gasteiger partial charge in [0.15, 0.2) is 0 Å². The Morgan fingerprint density at radius 3 is 2.33 bits per heavy atom. The Hall–Kier alpha value is -0.540. The fourth-order valence-corrected chi connectivity index (χ4v) is 2.35. The van der Waals surface area contributed by atoms with E-state index in [0.29, 0.717) is 0 Å². The van der Waals surface area contributed by atoms with Crippen molar-refractivity contribution in [3.63, 3.8) is 0 Å². The van der Waals surface area contributed by atoms with E-state index in [1.54, 1.807) is 11.8 Å². The average molecular weight is 224 g/mol. The first-order chi connectivity index (χ1) is 6.79. The highest BCUT2D eigenvalue weighted by atomic mass is 32.2.